The zero-order chi connectivity index (χ0) is 25.6. The number of aromatic amines is 1. The number of nitrogens with one attached hydrogen (secondary N) is 1. The maximum atomic E-state index is 11.6. The molecule has 0 radical (unpaired) electrons. The number of halogens is 1. The molecule has 0 aliphatic carbocycles. The van der Waals surface area contributed by atoms with E-state index in [9.17, 15) is 9.90 Å². The van der Waals surface area contributed by atoms with E-state index in [2.05, 4.69) is 47.2 Å². The lowest BCUT2D eigenvalue weighted by atomic mass is 9.84. The molecule has 3 aromatic carbocycles. The van der Waals surface area contributed by atoms with Crippen molar-refractivity contribution in [3.05, 3.63) is 82.4 Å². The summed E-state index contributed by atoms with van der Waals surface area (Å²) in [6, 6.07) is 19.6. The third kappa shape index (κ3) is 4.52. The first-order chi connectivity index (χ1) is 17.1. The molecule has 182 valence electrons. The highest BCUT2D eigenvalue weighted by Crippen LogP contribution is 2.34. The maximum Gasteiger partial charge on any atom is 0.309 e. The van der Waals surface area contributed by atoms with Crippen LogP contribution < -0.4 is 0 Å². The Hall–Kier alpha value is -3.90. The number of H-pyrrole nitrogens is 1. The van der Waals surface area contributed by atoms with Gasteiger partial charge in [0.05, 0.1) is 5.41 Å². The molecule has 0 aliphatic heterocycles. The number of benzene rings is 3. The minimum Gasteiger partial charge on any atom is -0.481 e. The molecule has 7 heteroatoms. The highest BCUT2D eigenvalue weighted by atomic mass is 35.5. The smallest absolute Gasteiger partial charge is 0.309 e. The predicted octanol–water partition coefficient (Wildman–Crippen LogP) is 7.48. The van der Waals surface area contributed by atoms with Crippen LogP contribution in [0.1, 0.15) is 30.5 Å². The Labute approximate surface area is 214 Å². The highest BCUT2D eigenvalue weighted by Gasteiger charge is 2.27. The van der Waals surface area contributed by atoms with E-state index in [4.69, 9.17) is 16.0 Å². The Bertz CT molecular complexity index is 1570. The van der Waals surface area contributed by atoms with Crippen molar-refractivity contribution >= 4 is 28.5 Å². The van der Waals surface area contributed by atoms with Gasteiger partial charge < -0.3 is 14.5 Å². The van der Waals surface area contributed by atoms with E-state index in [-0.39, 0.29) is 0 Å². The first kappa shape index (κ1) is 23.8. The zero-order valence-corrected chi connectivity index (χ0v) is 21.3. The van der Waals surface area contributed by atoms with Crippen molar-refractivity contribution in [2.75, 3.05) is 0 Å². The Morgan fingerprint density at radius 2 is 1.56 bits per heavy atom. The van der Waals surface area contributed by atoms with Crippen LogP contribution in [0.25, 0.3) is 45.1 Å². The Balaban J connectivity index is 1.46. The fourth-order valence-corrected chi connectivity index (χ4v) is 4.74. The van der Waals surface area contributed by atoms with Crippen LogP contribution in [0.4, 0.5) is 0 Å². The van der Waals surface area contributed by atoms with Gasteiger partial charge in [-0.2, -0.15) is 0 Å². The van der Waals surface area contributed by atoms with E-state index in [1.807, 2.05) is 30.3 Å². The fraction of sp³-hybridized carbons (Fsp3) is 0.207. The molecule has 2 N–H and O–H groups in total. The Morgan fingerprint density at radius 3 is 2.19 bits per heavy atom. The SMILES string of the molecule is Cc1cc(CC(C)(C)C(=O)O)cc(C)c1-c1cc2ccc(-c3nnc(-c4ccc(Cl)cc4)o3)cc2[nH]1. The lowest BCUT2D eigenvalue weighted by Crippen LogP contribution is -2.26. The van der Waals surface area contributed by atoms with Crippen LogP contribution in [-0.4, -0.2) is 26.3 Å². The summed E-state index contributed by atoms with van der Waals surface area (Å²) in [6.45, 7) is 7.64. The molecule has 5 rings (SSSR count). The molecule has 0 saturated heterocycles. The molecular weight excluding hydrogens is 474 g/mol. The minimum atomic E-state index is -0.819. The number of aryl methyl sites for hydroxylation is 2. The normalized spacial score (nSPS) is 11.8. The monoisotopic (exact) mass is 499 g/mol. The van der Waals surface area contributed by atoms with Crippen molar-refractivity contribution in [2.45, 2.75) is 34.1 Å². The number of nitrogens with zero attached hydrogens (tertiary/aromatic N) is 2. The highest BCUT2D eigenvalue weighted by molar-refractivity contribution is 6.30. The molecule has 0 unspecified atom stereocenters. The Kier molecular flexibility index (Phi) is 5.92. The van der Waals surface area contributed by atoms with E-state index in [0.717, 1.165) is 50.0 Å². The largest absolute Gasteiger partial charge is 0.481 e. The number of hydrogen-bond donors (Lipinski definition) is 2. The lowest BCUT2D eigenvalue weighted by Gasteiger charge is -2.20. The van der Waals surface area contributed by atoms with E-state index in [1.165, 1.54) is 0 Å². The summed E-state index contributed by atoms with van der Waals surface area (Å²) < 4.78 is 5.92. The van der Waals surface area contributed by atoms with Gasteiger partial charge in [0.1, 0.15) is 0 Å². The average molecular weight is 500 g/mol. The van der Waals surface area contributed by atoms with Crippen molar-refractivity contribution in [3.63, 3.8) is 0 Å². The Morgan fingerprint density at radius 1 is 0.944 bits per heavy atom. The van der Waals surface area contributed by atoms with Crippen LogP contribution in [0.3, 0.4) is 0 Å². The van der Waals surface area contributed by atoms with Gasteiger partial charge in [-0.05, 0) is 93.3 Å². The number of aromatic nitrogens is 3. The maximum absolute atomic E-state index is 11.6. The van der Waals surface area contributed by atoms with Crippen LogP contribution in [-0.2, 0) is 11.2 Å². The molecule has 0 amide bonds. The van der Waals surface area contributed by atoms with Gasteiger partial charge in [0.2, 0.25) is 11.8 Å². The topological polar surface area (TPSA) is 92.0 Å². The number of fused-ring (bicyclic) bond motifs is 1. The molecule has 0 saturated carbocycles. The van der Waals surface area contributed by atoms with Gasteiger partial charge in [0.25, 0.3) is 0 Å². The van der Waals surface area contributed by atoms with Crippen LogP contribution in [0, 0.1) is 19.3 Å². The summed E-state index contributed by atoms with van der Waals surface area (Å²) in [5.74, 6) is 0.0805. The molecule has 6 nitrogen and oxygen atoms in total. The number of carboxylic acid groups (broad SMARTS) is 1. The average Bonchev–Trinajstić information content (AvgIpc) is 3.45. The number of carbonyl (C=O) groups is 1. The molecule has 0 fully saturated rings. The van der Waals surface area contributed by atoms with Crippen molar-refractivity contribution in [2.24, 2.45) is 5.41 Å². The van der Waals surface area contributed by atoms with Crippen LogP contribution in [0.2, 0.25) is 5.02 Å². The second kappa shape index (κ2) is 8.95. The summed E-state index contributed by atoms with van der Waals surface area (Å²) >= 11 is 5.97. The molecular formula is C29H26ClN3O3. The van der Waals surface area contributed by atoms with Crippen LogP contribution in [0.15, 0.2) is 65.1 Å². The number of carboxylic acids is 1. The summed E-state index contributed by atoms with van der Waals surface area (Å²) in [5.41, 5.74) is 7.12. The standard InChI is InChI=1S/C29H26ClN3O3/c1-16-11-18(15-29(3,4)28(34)35)12-17(2)25(16)24-13-20-5-6-21(14-23(20)31-24)27-33-32-26(36-27)19-7-9-22(30)10-8-19/h5-14,31H,15H2,1-4H3,(H,34,35). The number of rotatable bonds is 6. The third-order valence-corrected chi connectivity index (χ3v) is 6.72. The van der Waals surface area contributed by atoms with Crippen molar-refractivity contribution in [1.82, 2.24) is 15.2 Å². The first-order valence-electron chi connectivity index (χ1n) is 11.7. The predicted molar refractivity (Wildman–Crippen MR) is 142 cm³/mol. The van der Waals surface area contributed by atoms with Crippen LogP contribution in [0.5, 0.6) is 0 Å². The summed E-state index contributed by atoms with van der Waals surface area (Å²) in [5, 5.41) is 19.6. The second-order valence-electron chi connectivity index (χ2n) is 9.87. The molecule has 0 spiro atoms. The van der Waals surface area contributed by atoms with Gasteiger partial charge in [0, 0.05) is 38.3 Å². The summed E-state index contributed by atoms with van der Waals surface area (Å²) in [4.78, 5) is 15.1. The van der Waals surface area contributed by atoms with Gasteiger partial charge in [0.15, 0.2) is 0 Å². The van der Waals surface area contributed by atoms with Crippen molar-refractivity contribution in [3.8, 4) is 34.2 Å². The van der Waals surface area contributed by atoms with E-state index >= 15 is 0 Å². The van der Waals surface area contributed by atoms with Crippen LogP contribution >= 0.6 is 11.6 Å². The van der Waals surface area contributed by atoms with E-state index in [1.54, 1.807) is 26.0 Å². The first-order valence-corrected chi connectivity index (χ1v) is 12.0. The minimum absolute atomic E-state index is 0.436. The molecule has 0 bridgehead atoms. The van der Waals surface area contributed by atoms with Gasteiger partial charge in [-0.3, -0.25) is 4.79 Å². The summed E-state index contributed by atoms with van der Waals surface area (Å²) in [6.07, 6.45) is 0.475. The van der Waals surface area contributed by atoms with Gasteiger partial charge >= 0.3 is 5.97 Å². The fourth-order valence-electron chi connectivity index (χ4n) is 4.61. The molecule has 5 aromatic rings. The summed E-state index contributed by atoms with van der Waals surface area (Å²) in [7, 11) is 0. The van der Waals surface area contributed by atoms with E-state index < -0.39 is 11.4 Å². The molecule has 0 aliphatic rings. The van der Waals surface area contributed by atoms with Crippen molar-refractivity contribution < 1.29 is 14.3 Å². The second-order valence-corrected chi connectivity index (χ2v) is 10.3. The molecule has 2 heterocycles. The van der Waals surface area contributed by atoms with Gasteiger partial charge in [-0.25, -0.2) is 0 Å². The zero-order valence-electron chi connectivity index (χ0n) is 20.5. The molecule has 2 aromatic heterocycles. The molecule has 36 heavy (non-hydrogen) atoms. The quantitative estimate of drug-likeness (QED) is 0.252. The lowest BCUT2D eigenvalue weighted by molar-refractivity contribution is -0.146. The van der Waals surface area contributed by atoms with Gasteiger partial charge in [-0.1, -0.05) is 29.8 Å². The third-order valence-electron chi connectivity index (χ3n) is 6.47. The number of hydrogen-bond acceptors (Lipinski definition) is 4. The number of aliphatic carboxylic acids is 1. The molecule has 0 atom stereocenters. The van der Waals surface area contributed by atoms with Crippen molar-refractivity contribution in [1.29, 1.82) is 0 Å². The van der Waals surface area contributed by atoms with E-state index in [0.29, 0.717) is 23.2 Å². The van der Waals surface area contributed by atoms with Gasteiger partial charge in [-0.15, -0.1) is 10.2 Å².